The number of rotatable bonds is 7. The minimum absolute atomic E-state index is 0.00337. The van der Waals surface area contributed by atoms with E-state index in [1.807, 2.05) is 13.8 Å². The fourth-order valence-corrected chi connectivity index (χ4v) is 7.78. The summed E-state index contributed by atoms with van der Waals surface area (Å²) in [5.41, 5.74) is 1.29. The van der Waals surface area contributed by atoms with E-state index in [0.29, 0.717) is 18.2 Å². The lowest BCUT2D eigenvalue weighted by molar-refractivity contribution is -0.163. The molecular weight excluding hydrogens is 760 g/mol. The zero-order valence-electron chi connectivity index (χ0n) is 33.3. The molecule has 9 atom stereocenters. The summed E-state index contributed by atoms with van der Waals surface area (Å²) < 4.78 is 34.4. The van der Waals surface area contributed by atoms with Crippen LogP contribution in [0.1, 0.15) is 58.1 Å². The summed E-state index contributed by atoms with van der Waals surface area (Å²) in [7, 11) is 1.30. The largest absolute Gasteiger partial charge is 0.458 e. The third-order valence-corrected chi connectivity index (χ3v) is 10.7. The SMILES string of the molecule is Cc1ccc(NC(=O)N[C@@H](Cc2cc(F)cc(F)c2)C(=O)N[C@@H]2C(=O)N3CCCC3C(=O)N(C)[C@@H]([C@H](C)O)C(=O)N[C@@H](C)C(=O)N3C[C@@H](C)CC3C(=O)O[C@H]2C)cc1. The van der Waals surface area contributed by atoms with Gasteiger partial charge in [-0.25, -0.2) is 18.4 Å². The van der Waals surface area contributed by atoms with E-state index in [-0.39, 0.29) is 37.4 Å². The second-order valence-electron chi connectivity index (χ2n) is 15.5. The zero-order valence-corrected chi connectivity index (χ0v) is 33.3. The van der Waals surface area contributed by atoms with Crippen molar-refractivity contribution in [2.75, 3.05) is 25.5 Å². The zero-order chi connectivity index (χ0) is 42.6. The molecule has 0 spiro atoms. The summed E-state index contributed by atoms with van der Waals surface area (Å²) in [4.78, 5) is 101. The van der Waals surface area contributed by atoms with Crippen LogP contribution in [-0.2, 0) is 39.9 Å². The summed E-state index contributed by atoms with van der Waals surface area (Å²) in [6.45, 7) is 7.92. The van der Waals surface area contributed by atoms with E-state index in [1.165, 1.54) is 37.6 Å². The average molecular weight is 812 g/mol. The van der Waals surface area contributed by atoms with Crippen molar-refractivity contribution in [3.05, 3.63) is 65.2 Å². The number of esters is 1. The molecule has 3 fully saturated rings. The first-order valence-corrected chi connectivity index (χ1v) is 19.3. The van der Waals surface area contributed by atoms with E-state index in [0.717, 1.165) is 22.6 Å². The Bertz CT molecular complexity index is 1890. The molecule has 16 nitrogen and oxygen atoms in total. The number of cyclic esters (lactones) is 1. The fourth-order valence-electron chi connectivity index (χ4n) is 7.78. The molecule has 3 saturated heterocycles. The molecule has 0 saturated carbocycles. The van der Waals surface area contributed by atoms with Crippen LogP contribution in [0.25, 0.3) is 0 Å². The van der Waals surface area contributed by atoms with E-state index >= 15 is 0 Å². The summed E-state index contributed by atoms with van der Waals surface area (Å²) in [5.74, 6) is -6.91. The topological polar surface area (TPSA) is 207 Å². The Hall–Kier alpha value is -5.65. The van der Waals surface area contributed by atoms with Crippen LogP contribution in [0.2, 0.25) is 0 Å². The standard InChI is InChI=1S/C40H51F2N7O9/c1-20-9-11-28(12-10-20)44-40(57)45-29(17-25-15-26(41)18-27(42)16-25)34(51)46-32-24(5)58-39(56)31-14-21(2)19-49(31)36(53)22(3)43-35(52)33(23(4)50)47(6)37(54)30-8-7-13-48(30)38(32)55/h9-12,15-16,18,21-24,29-33,50H,7-8,13-14,17,19H2,1-6H3,(H,43,52)(H,46,51)(H2,44,45,57)/t21-,22-,23-,24-,29-,30?,31?,32-,33-/m0/s1. The predicted molar refractivity (Wildman–Crippen MR) is 205 cm³/mol. The number of aryl methyl sites for hydroxylation is 1. The number of carbonyl (C=O) groups excluding carboxylic acids is 7. The second kappa shape index (κ2) is 18.3. The highest BCUT2D eigenvalue weighted by molar-refractivity contribution is 5.98. The van der Waals surface area contributed by atoms with Crippen LogP contribution in [0.15, 0.2) is 42.5 Å². The Kier molecular flexibility index (Phi) is 13.7. The minimum atomic E-state index is -1.69. The van der Waals surface area contributed by atoms with Crippen LogP contribution in [0.5, 0.6) is 0 Å². The summed E-state index contributed by atoms with van der Waals surface area (Å²) in [5, 5.41) is 20.9. The highest BCUT2D eigenvalue weighted by Gasteiger charge is 2.47. The maximum atomic E-state index is 14.6. The molecule has 5 rings (SSSR count). The average Bonchev–Trinajstić information content (AvgIpc) is 3.80. The number of urea groups is 1. The lowest BCUT2D eigenvalue weighted by Crippen LogP contribution is -2.63. The molecule has 314 valence electrons. The molecule has 0 radical (unpaired) electrons. The number of aliphatic hydroxyl groups excluding tert-OH is 1. The normalized spacial score (nSPS) is 26.9. The van der Waals surface area contributed by atoms with Gasteiger partial charge in [-0.2, -0.15) is 0 Å². The number of benzene rings is 2. The maximum absolute atomic E-state index is 14.6. The minimum Gasteiger partial charge on any atom is -0.458 e. The number of amides is 7. The molecule has 3 aliphatic rings. The Morgan fingerprint density at radius 2 is 1.60 bits per heavy atom. The van der Waals surface area contributed by atoms with Crippen LogP contribution >= 0.6 is 0 Å². The van der Waals surface area contributed by atoms with Gasteiger partial charge in [0, 0.05) is 38.3 Å². The first-order chi connectivity index (χ1) is 27.3. The van der Waals surface area contributed by atoms with Gasteiger partial charge in [-0.3, -0.25) is 24.0 Å². The quantitative estimate of drug-likeness (QED) is 0.256. The lowest BCUT2D eigenvalue weighted by Gasteiger charge is -2.37. The van der Waals surface area contributed by atoms with Crippen LogP contribution in [0.4, 0.5) is 19.3 Å². The van der Waals surface area contributed by atoms with Gasteiger partial charge in [0.05, 0.1) is 6.10 Å². The first kappa shape index (κ1) is 43.5. The number of anilines is 1. The predicted octanol–water partition coefficient (Wildman–Crippen LogP) is 1.38. The van der Waals surface area contributed by atoms with Crippen LogP contribution in [0, 0.1) is 24.5 Å². The van der Waals surface area contributed by atoms with Gasteiger partial charge < -0.3 is 45.8 Å². The van der Waals surface area contributed by atoms with Gasteiger partial charge in [0.15, 0.2) is 0 Å². The van der Waals surface area contributed by atoms with E-state index in [2.05, 4.69) is 21.3 Å². The van der Waals surface area contributed by atoms with E-state index < -0.39 is 108 Å². The van der Waals surface area contributed by atoms with Crippen LogP contribution in [-0.4, -0.2) is 130 Å². The number of nitrogens with one attached hydrogen (secondary N) is 4. The number of halogens is 2. The molecule has 3 aliphatic heterocycles. The lowest BCUT2D eigenvalue weighted by atomic mass is 10.0. The maximum Gasteiger partial charge on any atom is 0.329 e. The van der Waals surface area contributed by atoms with Gasteiger partial charge in [-0.05, 0) is 82.7 Å². The monoisotopic (exact) mass is 811 g/mol. The number of hydrogen-bond acceptors (Lipinski definition) is 9. The van der Waals surface area contributed by atoms with Crippen LogP contribution < -0.4 is 21.3 Å². The third kappa shape index (κ3) is 10.1. The number of hydrogen-bond donors (Lipinski definition) is 5. The fraction of sp³-hybridized carbons (Fsp3) is 0.525. The van der Waals surface area contributed by atoms with E-state index in [4.69, 9.17) is 4.74 Å². The van der Waals surface area contributed by atoms with Gasteiger partial charge in [0.1, 0.15) is 54.0 Å². The van der Waals surface area contributed by atoms with Crippen molar-refractivity contribution >= 4 is 47.2 Å². The Labute approximate surface area is 335 Å². The van der Waals surface area contributed by atoms with Gasteiger partial charge in [-0.1, -0.05) is 24.6 Å². The Morgan fingerprint density at radius 3 is 2.24 bits per heavy atom. The summed E-state index contributed by atoms with van der Waals surface area (Å²) in [6, 6.07) is 0.333. The molecule has 2 aromatic rings. The summed E-state index contributed by atoms with van der Waals surface area (Å²) >= 11 is 0. The molecule has 5 N–H and O–H groups in total. The molecule has 2 unspecified atom stereocenters. The summed E-state index contributed by atoms with van der Waals surface area (Å²) in [6.07, 6.45) is -2.58. The Balaban J connectivity index is 1.51. The van der Waals surface area contributed by atoms with Crippen molar-refractivity contribution in [1.82, 2.24) is 30.7 Å². The molecule has 0 bridgehead atoms. The molecule has 58 heavy (non-hydrogen) atoms. The molecule has 2 aromatic carbocycles. The van der Waals surface area contributed by atoms with Crippen molar-refractivity contribution < 1.29 is 52.2 Å². The van der Waals surface area contributed by atoms with Crippen LogP contribution in [0.3, 0.4) is 0 Å². The number of aliphatic hydroxyl groups is 1. The van der Waals surface area contributed by atoms with Gasteiger partial charge >= 0.3 is 12.0 Å². The van der Waals surface area contributed by atoms with Gasteiger partial charge in [0.25, 0.3) is 0 Å². The van der Waals surface area contributed by atoms with E-state index in [1.54, 1.807) is 24.3 Å². The van der Waals surface area contributed by atoms with Crippen molar-refractivity contribution in [1.29, 1.82) is 0 Å². The Morgan fingerprint density at radius 1 is 0.948 bits per heavy atom. The molecular formula is C40H51F2N7O9. The van der Waals surface area contributed by atoms with Crippen molar-refractivity contribution in [3.8, 4) is 0 Å². The molecule has 18 heteroatoms. The number of ether oxygens (including phenoxy) is 1. The number of carbonyl (C=O) groups is 7. The highest BCUT2D eigenvalue weighted by atomic mass is 19.1. The molecule has 7 amide bonds. The van der Waals surface area contributed by atoms with Crippen molar-refractivity contribution in [2.45, 2.75) is 109 Å². The smallest absolute Gasteiger partial charge is 0.329 e. The number of fused-ring (bicyclic) bond motifs is 2. The molecule has 0 aromatic heterocycles. The first-order valence-electron chi connectivity index (χ1n) is 19.3. The van der Waals surface area contributed by atoms with Crippen molar-refractivity contribution in [3.63, 3.8) is 0 Å². The van der Waals surface area contributed by atoms with Crippen molar-refractivity contribution in [2.24, 2.45) is 5.92 Å². The van der Waals surface area contributed by atoms with Gasteiger partial charge in [0.2, 0.25) is 29.5 Å². The second-order valence-corrected chi connectivity index (χ2v) is 15.5. The van der Waals surface area contributed by atoms with Gasteiger partial charge in [-0.15, -0.1) is 0 Å². The number of nitrogens with zero attached hydrogens (tertiary/aromatic N) is 3. The number of likely N-dealkylation sites (N-methyl/N-ethyl adjacent to an activating group) is 1. The third-order valence-electron chi connectivity index (χ3n) is 10.7. The van der Waals surface area contributed by atoms with E-state index in [9.17, 15) is 47.4 Å². The molecule has 0 aliphatic carbocycles. The highest BCUT2D eigenvalue weighted by Crippen LogP contribution is 2.27. The molecule has 3 heterocycles.